The Hall–Kier alpha value is -1.64. The van der Waals surface area contributed by atoms with Crippen LogP contribution in [0.15, 0.2) is 23.1 Å². The molecule has 1 fully saturated rings. The molecule has 1 aromatic carbocycles. The van der Waals surface area contributed by atoms with E-state index in [-0.39, 0.29) is 27.9 Å². The first kappa shape index (κ1) is 23.6. The second kappa shape index (κ2) is 10.4. The number of hydrogen-bond acceptors (Lipinski definition) is 5. The molecule has 1 saturated heterocycles. The third-order valence-electron chi connectivity index (χ3n) is 5.13. The average Bonchev–Trinajstić information content (AvgIpc) is 3.01. The summed E-state index contributed by atoms with van der Waals surface area (Å²) in [5.41, 5.74) is 0.224. The molecule has 0 radical (unpaired) electrons. The fourth-order valence-electron chi connectivity index (χ4n) is 3.40. The van der Waals surface area contributed by atoms with E-state index in [1.54, 1.807) is 13.8 Å². The molecule has 2 rings (SSSR count). The van der Waals surface area contributed by atoms with Gasteiger partial charge in [-0.1, -0.05) is 31.4 Å². The van der Waals surface area contributed by atoms with Crippen LogP contribution in [-0.4, -0.2) is 62.8 Å². The van der Waals surface area contributed by atoms with Crippen molar-refractivity contribution in [2.24, 2.45) is 5.92 Å². The molecule has 1 aromatic rings. The Labute approximate surface area is 178 Å². The van der Waals surface area contributed by atoms with E-state index in [9.17, 15) is 18.0 Å². The first-order valence-corrected chi connectivity index (χ1v) is 11.7. The van der Waals surface area contributed by atoms with Crippen LogP contribution >= 0.6 is 11.6 Å². The molecule has 7 nitrogen and oxygen atoms in total. The van der Waals surface area contributed by atoms with Gasteiger partial charge in [-0.25, -0.2) is 8.42 Å². The first-order chi connectivity index (χ1) is 13.7. The lowest BCUT2D eigenvalue weighted by Gasteiger charge is -2.24. The molecule has 0 aromatic heterocycles. The number of ether oxygens (including phenoxy) is 1. The summed E-state index contributed by atoms with van der Waals surface area (Å²) in [6, 6.07) is 4.30. The second-order valence-corrected chi connectivity index (χ2v) is 9.55. The van der Waals surface area contributed by atoms with Crippen molar-refractivity contribution in [3.8, 4) is 0 Å². The van der Waals surface area contributed by atoms with Gasteiger partial charge in [0.25, 0.3) is 5.91 Å². The number of halogens is 1. The van der Waals surface area contributed by atoms with E-state index in [0.29, 0.717) is 19.6 Å². The summed E-state index contributed by atoms with van der Waals surface area (Å²) in [6.07, 6.45) is 3.62. The van der Waals surface area contributed by atoms with Gasteiger partial charge in [-0.05, 0) is 38.0 Å². The summed E-state index contributed by atoms with van der Waals surface area (Å²) < 4.78 is 32.4. The quantitative estimate of drug-likeness (QED) is 0.603. The Morgan fingerprint density at radius 1 is 1.21 bits per heavy atom. The zero-order chi connectivity index (χ0) is 21.6. The van der Waals surface area contributed by atoms with Gasteiger partial charge in [0, 0.05) is 31.7 Å². The van der Waals surface area contributed by atoms with E-state index in [2.05, 4.69) is 0 Å². The van der Waals surface area contributed by atoms with Crippen molar-refractivity contribution in [3.63, 3.8) is 0 Å². The van der Waals surface area contributed by atoms with Crippen LogP contribution < -0.4 is 0 Å². The van der Waals surface area contributed by atoms with Gasteiger partial charge >= 0.3 is 5.97 Å². The maximum Gasteiger partial charge on any atom is 0.310 e. The molecule has 1 heterocycles. The molecule has 1 aliphatic heterocycles. The highest BCUT2D eigenvalue weighted by Crippen LogP contribution is 2.28. The van der Waals surface area contributed by atoms with Crippen LogP contribution in [0.4, 0.5) is 0 Å². The largest absolute Gasteiger partial charge is 0.469 e. The summed E-state index contributed by atoms with van der Waals surface area (Å²) in [6.45, 7) is 4.94. The zero-order valence-corrected chi connectivity index (χ0v) is 18.8. The highest BCUT2D eigenvalue weighted by molar-refractivity contribution is 7.89. The van der Waals surface area contributed by atoms with Crippen molar-refractivity contribution in [2.45, 2.75) is 44.4 Å². The normalized spacial score (nSPS) is 16.7. The topological polar surface area (TPSA) is 84.0 Å². The molecule has 0 N–H and O–H groups in total. The van der Waals surface area contributed by atoms with Crippen LogP contribution in [0.3, 0.4) is 0 Å². The van der Waals surface area contributed by atoms with Crippen LogP contribution in [0, 0.1) is 5.92 Å². The predicted molar refractivity (Wildman–Crippen MR) is 111 cm³/mol. The standard InChI is InChI=1S/C20H29ClN2O5S/c1-4-22(14-15(2)20(25)28-3)19(24)16-9-10-17(21)18(13-16)29(26,27)23-11-7-5-6-8-12-23/h9-10,13,15H,4-8,11-12,14H2,1-3H3. The number of benzene rings is 1. The molecule has 162 valence electrons. The molecule has 0 spiro atoms. The maximum absolute atomic E-state index is 13.1. The first-order valence-electron chi connectivity index (χ1n) is 9.89. The van der Waals surface area contributed by atoms with Crippen molar-refractivity contribution >= 4 is 33.5 Å². The van der Waals surface area contributed by atoms with Crippen LogP contribution in [0.5, 0.6) is 0 Å². The molecule has 1 amide bonds. The van der Waals surface area contributed by atoms with Crippen LogP contribution in [0.2, 0.25) is 5.02 Å². The number of carbonyl (C=O) groups excluding carboxylic acids is 2. The molecular weight excluding hydrogens is 416 g/mol. The fraction of sp³-hybridized carbons (Fsp3) is 0.600. The molecular formula is C20H29ClN2O5S. The number of carbonyl (C=O) groups is 2. The number of hydrogen-bond donors (Lipinski definition) is 0. The smallest absolute Gasteiger partial charge is 0.310 e. The molecule has 29 heavy (non-hydrogen) atoms. The van der Waals surface area contributed by atoms with Gasteiger partial charge in [-0.2, -0.15) is 4.31 Å². The number of sulfonamides is 1. The Morgan fingerprint density at radius 2 is 1.83 bits per heavy atom. The number of rotatable bonds is 7. The van der Waals surface area contributed by atoms with Gasteiger partial charge in [0.15, 0.2) is 0 Å². The monoisotopic (exact) mass is 444 g/mol. The van der Waals surface area contributed by atoms with Gasteiger partial charge in [0.2, 0.25) is 10.0 Å². The van der Waals surface area contributed by atoms with Crippen LogP contribution in [0.25, 0.3) is 0 Å². The molecule has 0 bridgehead atoms. The Morgan fingerprint density at radius 3 is 2.38 bits per heavy atom. The average molecular weight is 445 g/mol. The minimum absolute atomic E-state index is 0.0519. The third kappa shape index (κ3) is 5.71. The van der Waals surface area contributed by atoms with Gasteiger partial charge in [-0.15, -0.1) is 0 Å². The van der Waals surface area contributed by atoms with E-state index < -0.39 is 21.9 Å². The Balaban J connectivity index is 2.31. The van der Waals surface area contributed by atoms with Crippen molar-refractivity contribution in [3.05, 3.63) is 28.8 Å². The highest BCUT2D eigenvalue weighted by Gasteiger charge is 2.29. The lowest BCUT2D eigenvalue weighted by atomic mass is 10.1. The summed E-state index contributed by atoms with van der Waals surface area (Å²) in [5.74, 6) is -1.25. The van der Waals surface area contributed by atoms with E-state index >= 15 is 0 Å². The molecule has 0 aliphatic carbocycles. The molecule has 1 aliphatic rings. The summed E-state index contributed by atoms with van der Waals surface area (Å²) in [7, 11) is -2.49. The second-order valence-electron chi connectivity index (χ2n) is 7.23. The zero-order valence-electron chi connectivity index (χ0n) is 17.2. The number of amides is 1. The predicted octanol–water partition coefficient (Wildman–Crippen LogP) is 3.18. The van der Waals surface area contributed by atoms with Crippen molar-refractivity contribution in [1.29, 1.82) is 0 Å². The van der Waals surface area contributed by atoms with Gasteiger partial charge in [0.05, 0.1) is 18.1 Å². The molecule has 9 heteroatoms. The van der Waals surface area contributed by atoms with Gasteiger partial charge in [-0.3, -0.25) is 9.59 Å². The lowest BCUT2D eigenvalue weighted by molar-refractivity contribution is -0.145. The van der Waals surface area contributed by atoms with Crippen LogP contribution in [0.1, 0.15) is 49.9 Å². The van der Waals surface area contributed by atoms with Gasteiger partial charge in [0.1, 0.15) is 4.90 Å². The van der Waals surface area contributed by atoms with Crippen molar-refractivity contribution < 1.29 is 22.7 Å². The lowest BCUT2D eigenvalue weighted by Crippen LogP contribution is -2.37. The van der Waals surface area contributed by atoms with E-state index in [4.69, 9.17) is 16.3 Å². The Kier molecular flexibility index (Phi) is 8.48. The molecule has 1 atom stereocenters. The number of nitrogens with zero attached hydrogens (tertiary/aromatic N) is 2. The van der Waals surface area contributed by atoms with E-state index in [0.717, 1.165) is 25.7 Å². The fourth-order valence-corrected chi connectivity index (χ4v) is 5.42. The van der Waals surface area contributed by atoms with Crippen molar-refractivity contribution in [1.82, 2.24) is 9.21 Å². The molecule has 0 saturated carbocycles. The van der Waals surface area contributed by atoms with Gasteiger partial charge < -0.3 is 9.64 Å². The summed E-state index contributed by atoms with van der Waals surface area (Å²) in [5, 5.41) is 0.0942. The Bertz CT molecular complexity index is 835. The van der Waals surface area contributed by atoms with E-state index in [1.807, 2.05) is 0 Å². The summed E-state index contributed by atoms with van der Waals surface area (Å²) >= 11 is 6.21. The maximum atomic E-state index is 13.1. The SMILES string of the molecule is CCN(CC(C)C(=O)OC)C(=O)c1ccc(Cl)c(S(=O)(=O)N2CCCCCC2)c1. The van der Waals surface area contributed by atoms with E-state index in [1.165, 1.54) is 34.5 Å². The van der Waals surface area contributed by atoms with Crippen LogP contribution in [-0.2, 0) is 19.6 Å². The minimum atomic E-state index is -3.79. The number of methoxy groups -OCH3 is 1. The molecule has 1 unspecified atom stereocenters. The van der Waals surface area contributed by atoms with Crippen molar-refractivity contribution in [2.75, 3.05) is 33.3 Å². The summed E-state index contributed by atoms with van der Waals surface area (Å²) in [4.78, 5) is 26.1. The highest BCUT2D eigenvalue weighted by atomic mass is 35.5. The number of esters is 1. The minimum Gasteiger partial charge on any atom is -0.469 e. The third-order valence-corrected chi connectivity index (χ3v) is 7.51.